The summed E-state index contributed by atoms with van der Waals surface area (Å²) in [7, 11) is -3.30. The van der Waals surface area contributed by atoms with E-state index < -0.39 is 10.0 Å². The summed E-state index contributed by atoms with van der Waals surface area (Å²) < 4.78 is 24.8. The molecule has 3 N–H and O–H groups in total. The molecule has 2 aromatic rings. The van der Waals surface area contributed by atoms with E-state index in [1.807, 2.05) is 18.2 Å². The molecule has 1 atom stereocenters. The molecule has 1 aromatic heterocycles. The Balaban J connectivity index is 1.85. The zero-order valence-corrected chi connectivity index (χ0v) is 17.3. The van der Waals surface area contributed by atoms with Gasteiger partial charge < -0.3 is 0 Å². The van der Waals surface area contributed by atoms with Crippen molar-refractivity contribution in [2.75, 3.05) is 16.7 Å². The molecule has 3 rings (SSSR count). The maximum atomic E-state index is 11.9. The van der Waals surface area contributed by atoms with Gasteiger partial charge in [0.2, 0.25) is 15.9 Å². The van der Waals surface area contributed by atoms with Crippen molar-refractivity contribution in [3.63, 3.8) is 0 Å². The summed E-state index contributed by atoms with van der Waals surface area (Å²) >= 11 is 3.43. The van der Waals surface area contributed by atoms with Crippen LogP contribution in [0.25, 0.3) is 10.4 Å². The lowest BCUT2D eigenvalue weighted by molar-refractivity contribution is -0.129. The number of hydrogen-bond donors (Lipinski definition) is 3. The number of hydrogen-bond acceptors (Lipinski definition) is 6. The highest BCUT2D eigenvalue weighted by Crippen LogP contribution is 2.50. The number of hydroxylamine groups is 1. The zero-order chi connectivity index (χ0) is 19.5. The van der Waals surface area contributed by atoms with Gasteiger partial charge in [-0.05, 0) is 48.4 Å². The monoisotopic (exact) mass is 426 g/mol. The fourth-order valence-electron chi connectivity index (χ4n) is 3.23. The van der Waals surface area contributed by atoms with E-state index in [9.17, 15) is 13.2 Å². The van der Waals surface area contributed by atoms with Crippen LogP contribution in [0.4, 0.5) is 5.69 Å². The van der Waals surface area contributed by atoms with E-state index in [0.717, 1.165) is 46.6 Å². The van der Waals surface area contributed by atoms with Gasteiger partial charge in [0.15, 0.2) is 0 Å². The fourth-order valence-corrected chi connectivity index (χ4v) is 6.69. The molecule has 0 spiro atoms. The highest BCUT2D eigenvalue weighted by atomic mass is 32.2. The van der Waals surface area contributed by atoms with Crippen LogP contribution in [-0.2, 0) is 19.6 Å². The molecule has 146 valence electrons. The number of amides is 1. The Labute approximate surface area is 167 Å². The van der Waals surface area contributed by atoms with E-state index in [0.29, 0.717) is 5.69 Å². The first-order valence-electron chi connectivity index (χ1n) is 8.57. The highest BCUT2D eigenvalue weighted by Gasteiger charge is 2.38. The van der Waals surface area contributed by atoms with Crippen LogP contribution in [0.1, 0.15) is 30.6 Å². The van der Waals surface area contributed by atoms with Gasteiger partial charge in [-0.25, -0.2) is 13.9 Å². The van der Waals surface area contributed by atoms with Crippen molar-refractivity contribution < 1.29 is 18.4 Å². The molecule has 0 radical (unpaired) electrons. The number of anilines is 1. The molecule has 0 aliphatic carbocycles. The molecule has 0 bridgehead atoms. The summed E-state index contributed by atoms with van der Waals surface area (Å²) in [5, 5.41) is 8.96. The van der Waals surface area contributed by atoms with Gasteiger partial charge in [0.25, 0.3) is 0 Å². The predicted octanol–water partition coefficient (Wildman–Crippen LogP) is 3.79. The molecule has 0 saturated carbocycles. The third-order valence-corrected chi connectivity index (χ3v) is 8.14. The Kier molecular flexibility index (Phi) is 6.15. The Hall–Kier alpha value is -1.55. The van der Waals surface area contributed by atoms with Crippen molar-refractivity contribution in [1.29, 1.82) is 0 Å². The molecule has 0 unspecified atom stereocenters. The van der Waals surface area contributed by atoms with Crippen LogP contribution >= 0.6 is 23.1 Å². The number of nitrogens with one attached hydrogen (secondary N) is 2. The molecule has 6 nitrogen and oxygen atoms in total. The van der Waals surface area contributed by atoms with Crippen molar-refractivity contribution in [3.8, 4) is 10.4 Å². The smallest absolute Gasteiger partial charge is 0.245 e. The second kappa shape index (κ2) is 8.22. The first-order chi connectivity index (χ1) is 12.8. The lowest BCUT2D eigenvalue weighted by atomic mass is 9.94. The number of thiophene rings is 1. The number of thioether (sulfide) groups is 1. The lowest BCUT2D eigenvalue weighted by Crippen LogP contribution is -2.32. The third kappa shape index (κ3) is 5.04. The van der Waals surface area contributed by atoms with Crippen LogP contribution in [0.3, 0.4) is 0 Å². The van der Waals surface area contributed by atoms with E-state index in [4.69, 9.17) is 5.21 Å². The minimum atomic E-state index is -3.30. The Bertz CT molecular complexity index is 901. The molecule has 1 fully saturated rings. The van der Waals surface area contributed by atoms with Gasteiger partial charge in [-0.3, -0.25) is 14.7 Å². The van der Waals surface area contributed by atoms with Crippen molar-refractivity contribution in [3.05, 3.63) is 41.3 Å². The van der Waals surface area contributed by atoms with E-state index in [1.54, 1.807) is 40.7 Å². The van der Waals surface area contributed by atoms with Crippen molar-refractivity contribution in [2.45, 2.75) is 30.4 Å². The summed E-state index contributed by atoms with van der Waals surface area (Å²) in [4.78, 5) is 14.1. The standard InChI is InChI=1S/C18H22N2O4S3/c1-27(23,24)20-14-6-4-13(5-7-14)15-8-9-16(26-15)18(12-17(21)19-22)10-2-3-11-25-18/h4-9,20,22H,2-3,10-12H2,1H3,(H,19,21)/t18-/m0/s1. The first-order valence-corrected chi connectivity index (χ1v) is 12.3. The average molecular weight is 427 g/mol. The second-order valence-corrected chi connectivity index (χ2v) is 10.9. The minimum absolute atomic E-state index is 0.255. The quantitative estimate of drug-likeness (QED) is 0.482. The maximum Gasteiger partial charge on any atom is 0.245 e. The van der Waals surface area contributed by atoms with E-state index in [2.05, 4.69) is 10.8 Å². The molecule has 1 aromatic carbocycles. The SMILES string of the molecule is CS(=O)(=O)Nc1ccc(-c2ccc([C@@]3(CC(=O)NO)CCCCS3)s2)cc1. The minimum Gasteiger partial charge on any atom is -0.289 e. The second-order valence-electron chi connectivity index (χ2n) is 6.63. The van der Waals surface area contributed by atoms with Crippen LogP contribution in [-0.4, -0.2) is 31.5 Å². The van der Waals surface area contributed by atoms with Crippen LogP contribution < -0.4 is 10.2 Å². The van der Waals surface area contributed by atoms with E-state index in [-0.39, 0.29) is 17.1 Å². The van der Waals surface area contributed by atoms with Crippen LogP contribution in [0.15, 0.2) is 36.4 Å². The van der Waals surface area contributed by atoms with Crippen LogP contribution in [0.5, 0.6) is 0 Å². The topological polar surface area (TPSA) is 95.5 Å². The average Bonchev–Trinajstić information content (AvgIpc) is 3.12. The van der Waals surface area contributed by atoms with Gasteiger partial charge in [0, 0.05) is 21.9 Å². The largest absolute Gasteiger partial charge is 0.289 e. The van der Waals surface area contributed by atoms with Crippen molar-refractivity contribution in [2.24, 2.45) is 0 Å². The van der Waals surface area contributed by atoms with Gasteiger partial charge in [0.1, 0.15) is 0 Å². The zero-order valence-electron chi connectivity index (χ0n) is 14.9. The van der Waals surface area contributed by atoms with Crippen LogP contribution in [0.2, 0.25) is 0 Å². The summed E-state index contributed by atoms with van der Waals surface area (Å²) in [6.45, 7) is 0. The Morgan fingerprint density at radius 3 is 2.52 bits per heavy atom. The van der Waals surface area contributed by atoms with Crippen molar-refractivity contribution in [1.82, 2.24) is 5.48 Å². The van der Waals surface area contributed by atoms with Gasteiger partial charge in [-0.2, -0.15) is 0 Å². The third-order valence-electron chi connectivity index (χ3n) is 4.45. The predicted molar refractivity (Wildman–Crippen MR) is 111 cm³/mol. The Morgan fingerprint density at radius 1 is 1.19 bits per heavy atom. The van der Waals surface area contributed by atoms with Gasteiger partial charge in [-0.1, -0.05) is 18.6 Å². The lowest BCUT2D eigenvalue weighted by Gasteiger charge is -2.35. The summed E-state index contributed by atoms with van der Waals surface area (Å²) in [6, 6.07) is 11.3. The molecule has 1 aliphatic heterocycles. The molecular weight excluding hydrogens is 404 g/mol. The molecule has 27 heavy (non-hydrogen) atoms. The summed E-state index contributed by atoms with van der Waals surface area (Å²) in [5.74, 6) is 0.633. The summed E-state index contributed by atoms with van der Waals surface area (Å²) in [6.07, 6.45) is 4.48. The Morgan fingerprint density at radius 2 is 1.93 bits per heavy atom. The van der Waals surface area contributed by atoms with Gasteiger partial charge in [-0.15, -0.1) is 23.1 Å². The molecule has 2 heterocycles. The number of rotatable bonds is 6. The maximum absolute atomic E-state index is 11.9. The summed E-state index contributed by atoms with van der Waals surface area (Å²) in [5.41, 5.74) is 3.28. The van der Waals surface area contributed by atoms with Crippen molar-refractivity contribution >= 4 is 44.7 Å². The van der Waals surface area contributed by atoms with Gasteiger partial charge >= 0.3 is 0 Å². The molecule has 1 amide bonds. The fraction of sp³-hybridized carbons (Fsp3) is 0.389. The van der Waals surface area contributed by atoms with E-state index >= 15 is 0 Å². The molecular formula is C18H22N2O4S3. The molecule has 1 saturated heterocycles. The molecule has 9 heteroatoms. The number of benzene rings is 1. The van der Waals surface area contributed by atoms with Crippen LogP contribution in [0, 0.1) is 0 Å². The van der Waals surface area contributed by atoms with Gasteiger partial charge in [0.05, 0.1) is 11.0 Å². The number of carbonyl (C=O) groups excluding carboxylic acids is 1. The normalized spacial score (nSPS) is 20.2. The van der Waals surface area contributed by atoms with E-state index in [1.165, 1.54) is 0 Å². The highest BCUT2D eigenvalue weighted by molar-refractivity contribution is 8.00. The first kappa shape index (κ1) is 20.2. The molecule has 1 aliphatic rings. The number of carbonyl (C=O) groups is 1. The number of sulfonamides is 1.